The molecule has 0 radical (unpaired) electrons. The van der Waals surface area contributed by atoms with Gasteiger partial charge in [0.2, 0.25) is 0 Å². The molecule has 1 amide bonds. The maximum atomic E-state index is 14.1. The van der Waals surface area contributed by atoms with Crippen LogP contribution in [0.25, 0.3) is 0 Å². The number of halogens is 1. The highest BCUT2D eigenvalue weighted by atomic mass is 19.1. The molecule has 5 heteroatoms. The Balaban J connectivity index is 2.16. The number of rotatable bonds is 1. The number of likely N-dealkylation sites (N-methyl/N-ethyl adjacent to an activating group) is 1. The van der Waals surface area contributed by atoms with Gasteiger partial charge in [-0.2, -0.15) is 0 Å². The van der Waals surface area contributed by atoms with Crippen LogP contribution in [-0.2, 0) is 0 Å². The molecule has 0 saturated carbocycles. The molecule has 112 valence electrons. The van der Waals surface area contributed by atoms with E-state index in [2.05, 4.69) is 23.7 Å². The Kier molecular flexibility index (Phi) is 4.94. The van der Waals surface area contributed by atoms with Crippen molar-refractivity contribution in [3.63, 3.8) is 0 Å². The van der Waals surface area contributed by atoms with Crippen LogP contribution in [0.3, 0.4) is 0 Å². The Bertz CT molecular complexity index is 591. The number of amides is 1. The van der Waals surface area contributed by atoms with Crippen LogP contribution < -0.4 is 5.73 Å². The highest BCUT2D eigenvalue weighted by Crippen LogP contribution is 2.15. The summed E-state index contributed by atoms with van der Waals surface area (Å²) in [5, 5.41) is 0. The van der Waals surface area contributed by atoms with E-state index in [1.807, 2.05) is 7.05 Å². The zero-order chi connectivity index (χ0) is 15.4. The molecule has 1 heterocycles. The number of benzene rings is 1. The van der Waals surface area contributed by atoms with Crippen molar-refractivity contribution >= 4 is 5.91 Å². The second-order valence-corrected chi connectivity index (χ2v) is 5.28. The van der Waals surface area contributed by atoms with E-state index in [9.17, 15) is 9.18 Å². The first-order valence-electron chi connectivity index (χ1n) is 7.01. The average Bonchev–Trinajstić information content (AvgIpc) is 2.47. The number of hydrogen-bond acceptors (Lipinski definition) is 3. The molecule has 1 fully saturated rings. The van der Waals surface area contributed by atoms with Gasteiger partial charge in [0.15, 0.2) is 0 Å². The molecule has 1 aromatic rings. The Hall–Kier alpha value is -1.90. The quantitative estimate of drug-likeness (QED) is 0.782. The molecule has 1 aromatic carbocycles. The van der Waals surface area contributed by atoms with E-state index in [0.717, 1.165) is 6.54 Å². The van der Waals surface area contributed by atoms with Crippen molar-refractivity contribution in [1.29, 1.82) is 0 Å². The minimum absolute atomic E-state index is 0.102. The summed E-state index contributed by atoms with van der Waals surface area (Å²) in [5.74, 6) is 4.63. The molecule has 0 bridgehead atoms. The van der Waals surface area contributed by atoms with Crippen LogP contribution in [0, 0.1) is 17.7 Å². The zero-order valence-electron chi connectivity index (χ0n) is 12.4. The van der Waals surface area contributed by atoms with Crippen LogP contribution in [0.15, 0.2) is 18.2 Å². The summed E-state index contributed by atoms with van der Waals surface area (Å²) in [5.41, 5.74) is 5.91. The van der Waals surface area contributed by atoms with Gasteiger partial charge in [0.05, 0.1) is 12.1 Å². The fraction of sp³-hybridized carbons (Fsp3) is 0.438. The van der Waals surface area contributed by atoms with E-state index < -0.39 is 5.82 Å². The van der Waals surface area contributed by atoms with Crippen molar-refractivity contribution in [2.75, 3.05) is 33.2 Å². The first-order chi connectivity index (χ1) is 10.0. The van der Waals surface area contributed by atoms with Crippen LogP contribution in [0.5, 0.6) is 0 Å². The van der Waals surface area contributed by atoms with Crippen LogP contribution in [0.4, 0.5) is 4.39 Å². The molecule has 1 saturated heterocycles. The standard InChI is InChI=1S/C16H20FN3O/c1-12-11-20(9-8-19(12)2)16(21)14-6-5-13(4-3-7-18)10-15(14)17/h5-6,10,12H,7-9,11,18H2,1-2H3. The van der Waals surface area contributed by atoms with Crippen molar-refractivity contribution in [1.82, 2.24) is 9.80 Å². The van der Waals surface area contributed by atoms with Crippen LogP contribution in [-0.4, -0.2) is 55.0 Å². The third kappa shape index (κ3) is 3.60. The lowest BCUT2D eigenvalue weighted by atomic mass is 10.1. The predicted molar refractivity (Wildman–Crippen MR) is 80.3 cm³/mol. The van der Waals surface area contributed by atoms with Gasteiger partial charge in [0.25, 0.3) is 5.91 Å². The lowest BCUT2D eigenvalue weighted by molar-refractivity contribution is 0.0568. The maximum Gasteiger partial charge on any atom is 0.256 e. The average molecular weight is 289 g/mol. The molecular formula is C16H20FN3O. The van der Waals surface area contributed by atoms with Crippen LogP contribution in [0.2, 0.25) is 0 Å². The largest absolute Gasteiger partial charge is 0.336 e. The number of carbonyl (C=O) groups excluding carboxylic acids is 1. The van der Waals surface area contributed by atoms with E-state index in [1.54, 1.807) is 11.0 Å². The van der Waals surface area contributed by atoms with Gasteiger partial charge < -0.3 is 15.5 Å². The number of nitrogens with two attached hydrogens (primary N) is 1. The molecule has 0 spiro atoms. The smallest absolute Gasteiger partial charge is 0.256 e. The van der Waals surface area contributed by atoms with Gasteiger partial charge in [-0.15, -0.1) is 0 Å². The maximum absolute atomic E-state index is 14.1. The summed E-state index contributed by atoms with van der Waals surface area (Å²) >= 11 is 0. The number of nitrogens with zero attached hydrogens (tertiary/aromatic N) is 2. The SMILES string of the molecule is CC1CN(C(=O)c2ccc(C#CCN)cc2F)CCN1C. The molecule has 1 aliphatic heterocycles. The Labute approximate surface area is 124 Å². The summed E-state index contributed by atoms with van der Waals surface area (Å²) < 4.78 is 14.1. The Morgan fingerprint density at radius 2 is 2.24 bits per heavy atom. The van der Waals surface area contributed by atoms with Crippen LogP contribution in [0.1, 0.15) is 22.8 Å². The topological polar surface area (TPSA) is 49.6 Å². The molecule has 4 nitrogen and oxygen atoms in total. The van der Waals surface area contributed by atoms with Crippen LogP contribution >= 0.6 is 0 Å². The Morgan fingerprint density at radius 3 is 2.86 bits per heavy atom. The number of piperazine rings is 1. The first-order valence-corrected chi connectivity index (χ1v) is 7.01. The molecule has 1 atom stereocenters. The minimum atomic E-state index is -0.532. The van der Waals surface area contributed by atoms with E-state index in [1.165, 1.54) is 12.1 Å². The highest BCUT2D eigenvalue weighted by molar-refractivity contribution is 5.94. The zero-order valence-corrected chi connectivity index (χ0v) is 12.4. The number of carbonyl (C=O) groups is 1. The second-order valence-electron chi connectivity index (χ2n) is 5.28. The second kappa shape index (κ2) is 6.70. The summed E-state index contributed by atoms with van der Waals surface area (Å²) in [6.07, 6.45) is 0. The predicted octanol–water partition coefficient (Wildman–Crippen LogP) is 0.912. The van der Waals surface area contributed by atoms with Gasteiger partial charge in [-0.05, 0) is 32.2 Å². The van der Waals surface area contributed by atoms with E-state index in [-0.39, 0.29) is 24.1 Å². The van der Waals surface area contributed by atoms with Crippen molar-refractivity contribution in [2.24, 2.45) is 5.73 Å². The molecule has 2 N–H and O–H groups in total. The van der Waals surface area contributed by atoms with E-state index in [4.69, 9.17) is 5.73 Å². The monoisotopic (exact) mass is 289 g/mol. The van der Waals surface area contributed by atoms with Gasteiger partial charge >= 0.3 is 0 Å². The highest BCUT2D eigenvalue weighted by Gasteiger charge is 2.26. The molecule has 0 aromatic heterocycles. The van der Waals surface area contributed by atoms with E-state index in [0.29, 0.717) is 18.7 Å². The molecule has 2 rings (SSSR count). The summed E-state index contributed by atoms with van der Waals surface area (Å²) in [6, 6.07) is 4.72. The lowest BCUT2D eigenvalue weighted by Crippen LogP contribution is -2.52. The Morgan fingerprint density at radius 1 is 1.48 bits per heavy atom. The summed E-state index contributed by atoms with van der Waals surface area (Å²) in [6.45, 7) is 4.31. The van der Waals surface area contributed by atoms with Gasteiger partial charge in [-0.3, -0.25) is 4.79 Å². The summed E-state index contributed by atoms with van der Waals surface area (Å²) in [7, 11) is 2.03. The van der Waals surface area contributed by atoms with Crippen molar-refractivity contribution < 1.29 is 9.18 Å². The van der Waals surface area contributed by atoms with Crippen molar-refractivity contribution in [3.8, 4) is 11.8 Å². The van der Waals surface area contributed by atoms with Gasteiger partial charge in [-0.1, -0.05) is 11.8 Å². The third-order valence-electron chi connectivity index (χ3n) is 3.78. The fourth-order valence-electron chi connectivity index (χ4n) is 2.32. The normalized spacial score (nSPS) is 19.0. The molecular weight excluding hydrogens is 269 g/mol. The van der Waals surface area contributed by atoms with Gasteiger partial charge in [-0.25, -0.2) is 4.39 Å². The van der Waals surface area contributed by atoms with Crippen molar-refractivity contribution in [2.45, 2.75) is 13.0 Å². The van der Waals surface area contributed by atoms with Crippen molar-refractivity contribution in [3.05, 3.63) is 35.1 Å². The molecule has 1 unspecified atom stereocenters. The fourth-order valence-corrected chi connectivity index (χ4v) is 2.32. The minimum Gasteiger partial charge on any atom is -0.336 e. The van der Waals surface area contributed by atoms with E-state index >= 15 is 0 Å². The molecule has 21 heavy (non-hydrogen) atoms. The van der Waals surface area contributed by atoms with Gasteiger partial charge in [0.1, 0.15) is 5.82 Å². The number of hydrogen-bond donors (Lipinski definition) is 1. The lowest BCUT2D eigenvalue weighted by Gasteiger charge is -2.37. The molecule has 1 aliphatic rings. The first kappa shape index (κ1) is 15.5. The third-order valence-corrected chi connectivity index (χ3v) is 3.78. The summed E-state index contributed by atoms with van der Waals surface area (Å²) in [4.78, 5) is 16.3. The molecule has 0 aliphatic carbocycles. The van der Waals surface area contributed by atoms with Gasteiger partial charge in [0, 0.05) is 31.2 Å².